The van der Waals surface area contributed by atoms with Gasteiger partial charge in [-0.25, -0.2) is 0 Å². The molecule has 0 saturated heterocycles. The van der Waals surface area contributed by atoms with E-state index in [1.165, 1.54) is 83.7 Å². The lowest BCUT2D eigenvalue weighted by atomic mass is 9.96. The molecular weight excluding hydrogens is 254 g/mol. The molecule has 1 aliphatic rings. The van der Waals surface area contributed by atoms with E-state index >= 15 is 0 Å². The largest absolute Gasteiger partial charge is 0.372 e. The maximum atomic E-state index is 2.68. The number of hydrogen-bond donors (Lipinski definition) is 0. The molecule has 0 aromatic heterocycles. The predicted octanol–water partition coefficient (Wildman–Crippen LogP) is 6.46. The summed E-state index contributed by atoms with van der Waals surface area (Å²) < 4.78 is 0. The van der Waals surface area contributed by atoms with Crippen LogP contribution < -0.4 is 0 Å². The van der Waals surface area contributed by atoms with Gasteiger partial charge >= 0.3 is 0 Å². The molecule has 0 atom stereocenters. The second-order valence-electron chi connectivity index (χ2n) is 6.40. The van der Waals surface area contributed by atoms with Crippen LogP contribution in [0.1, 0.15) is 91.4 Å². The van der Waals surface area contributed by atoms with Crippen molar-refractivity contribution in [1.29, 1.82) is 0 Å². The Kier molecular flexibility index (Phi) is 10.4. The Labute approximate surface area is 133 Å². The third kappa shape index (κ3) is 7.20. The Morgan fingerprint density at radius 2 is 1.38 bits per heavy atom. The molecule has 0 radical (unpaired) electrons. The summed E-state index contributed by atoms with van der Waals surface area (Å²) in [6, 6.07) is 0. The molecule has 122 valence electrons. The highest BCUT2D eigenvalue weighted by atomic mass is 15.1. The zero-order chi connectivity index (χ0) is 15.3. The maximum absolute atomic E-state index is 2.68. The van der Waals surface area contributed by atoms with E-state index in [0.717, 1.165) is 0 Å². The number of allylic oxidation sites excluding steroid dienone is 3. The summed E-state index contributed by atoms with van der Waals surface area (Å²) in [6.07, 6.45) is 19.5. The smallest absolute Gasteiger partial charge is 0.0355 e. The molecule has 1 aliphatic carbocycles. The van der Waals surface area contributed by atoms with Crippen LogP contribution in [-0.2, 0) is 0 Å². The topological polar surface area (TPSA) is 3.24 Å². The van der Waals surface area contributed by atoms with Crippen molar-refractivity contribution >= 4 is 0 Å². The minimum absolute atomic E-state index is 1.24. The van der Waals surface area contributed by atoms with Gasteiger partial charge in [0.15, 0.2) is 0 Å². The van der Waals surface area contributed by atoms with Crippen molar-refractivity contribution in [3.63, 3.8) is 0 Å². The van der Waals surface area contributed by atoms with Crippen LogP contribution in [0.15, 0.2) is 23.4 Å². The van der Waals surface area contributed by atoms with E-state index in [4.69, 9.17) is 0 Å². The standard InChI is InChI=1S/C20H37N/c1-4-7-10-11-14-19-15-12-13-16-20(19)21(17-8-5-2)18-9-6-3/h15-16H,4-14,17-18H2,1-3H3. The first-order chi connectivity index (χ1) is 10.3. The van der Waals surface area contributed by atoms with E-state index in [-0.39, 0.29) is 0 Å². The van der Waals surface area contributed by atoms with Gasteiger partial charge in [0.2, 0.25) is 0 Å². The Bertz CT molecular complexity index is 306. The van der Waals surface area contributed by atoms with Gasteiger partial charge < -0.3 is 4.90 Å². The van der Waals surface area contributed by atoms with Gasteiger partial charge in [0.1, 0.15) is 0 Å². The summed E-state index contributed by atoms with van der Waals surface area (Å²) in [7, 11) is 0. The number of nitrogens with zero attached hydrogens (tertiary/aromatic N) is 1. The highest BCUT2D eigenvalue weighted by Crippen LogP contribution is 2.27. The van der Waals surface area contributed by atoms with E-state index in [0.29, 0.717) is 0 Å². The molecule has 0 aliphatic heterocycles. The molecule has 0 unspecified atom stereocenters. The molecular formula is C20H37N. The van der Waals surface area contributed by atoms with Gasteiger partial charge in [-0.2, -0.15) is 0 Å². The van der Waals surface area contributed by atoms with E-state index in [1.807, 2.05) is 0 Å². The summed E-state index contributed by atoms with van der Waals surface area (Å²) in [5, 5.41) is 0. The first kappa shape index (κ1) is 18.3. The lowest BCUT2D eigenvalue weighted by molar-refractivity contribution is 0.331. The van der Waals surface area contributed by atoms with Crippen molar-refractivity contribution in [2.75, 3.05) is 13.1 Å². The second kappa shape index (κ2) is 11.9. The summed E-state index contributed by atoms with van der Waals surface area (Å²) in [5.74, 6) is 0. The molecule has 0 fully saturated rings. The van der Waals surface area contributed by atoms with Crippen molar-refractivity contribution in [2.45, 2.75) is 91.4 Å². The lowest BCUT2D eigenvalue weighted by Crippen LogP contribution is -2.27. The van der Waals surface area contributed by atoms with Crippen LogP contribution in [-0.4, -0.2) is 18.0 Å². The average molecular weight is 292 g/mol. The SMILES string of the molecule is CCCCCCC1=CCCC=C1N(CCCC)CCCC. The molecule has 1 heteroatoms. The van der Waals surface area contributed by atoms with Crippen LogP contribution in [0.3, 0.4) is 0 Å². The zero-order valence-corrected chi connectivity index (χ0v) is 14.8. The van der Waals surface area contributed by atoms with Gasteiger partial charge in [-0.3, -0.25) is 0 Å². The maximum Gasteiger partial charge on any atom is 0.0355 e. The molecule has 0 spiro atoms. The fourth-order valence-corrected chi connectivity index (χ4v) is 3.07. The summed E-state index contributed by atoms with van der Waals surface area (Å²) >= 11 is 0. The normalized spacial score (nSPS) is 14.8. The van der Waals surface area contributed by atoms with Gasteiger partial charge in [0.25, 0.3) is 0 Å². The number of hydrogen-bond acceptors (Lipinski definition) is 1. The van der Waals surface area contributed by atoms with E-state index in [9.17, 15) is 0 Å². The van der Waals surface area contributed by atoms with Crippen LogP contribution in [0.25, 0.3) is 0 Å². The minimum atomic E-state index is 1.24. The van der Waals surface area contributed by atoms with Crippen molar-refractivity contribution < 1.29 is 0 Å². The van der Waals surface area contributed by atoms with E-state index < -0.39 is 0 Å². The fourth-order valence-electron chi connectivity index (χ4n) is 3.07. The molecule has 21 heavy (non-hydrogen) atoms. The first-order valence-corrected chi connectivity index (χ1v) is 9.47. The van der Waals surface area contributed by atoms with Crippen molar-refractivity contribution in [3.05, 3.63) is 23.4 Å². The molecule has 0 N–H and O–H groups in total. The predicted molar refractivity (Wildman–Crippen MR) is 95.5 cm³/mol. The van der Waals surface area contributed by atoms with E-state index in [1.54, 1.807) is 11.3 Å². The van der Waals surface area contributed by atoms with Gasteiger partial charge in [0, 0.05) is 18.8 Å². The quantitative estimate of drug-likeness (QED) is 0.373. The van der Waals surface area contributed by atoms with Gasteiger partial charge in [0.05, 0.1) is 0 Å². The van der Waals surface area contributed by atoms with Gasteiger partial charge in [-0.05, 0) is 44.1 Å². The average Bonchev–Trinajstić information content (AvgIpc) is 2.52. The Morgan fingerprint density at radius 1 is 0.762 bits per heavy atom. The molecule has 1 nitrogen and oxygen atoms in total. The molecule has 0 amide bonds. The van der Waals surface area contributed by atoms with Gasteiger partial charge in [-0.1, -0.05) is 65.0 Å². The third-order valence-corrected chi connectivity index (χ3v) is 4.43. The Morgan fingerprint density at radius 3 is 2.00 bits per heavy atom. The minimum Gasteiger partial charge on any atom is -0.372 e. The summed E-state index contributed by atoms with van der Waals surface area (Å²) in [5.41, 5.74) is 3.23. The van der Waals surface area contributed by atoms with Crippen molar-refractivity contribution in [2.24, 2.45) is 0 Å². The molecule has 0 heterocycles. The highest BCUT2D eigenvalue weighted by Gasteiger charge is 2.15. The lowest BCUT2D eigenvalue weighted by Gasteiger charge is -2.31. The number of rotatable bonds is 12. The van der Waals surface area contributed by atoms with Crippen LogP contribution in [0.4, 0.5) is 0 Å². The molecule has 0 aromatic rings. The fraction of sp³-hybridized carbons (Fsp3) is 0.800. The number of unbranched alkanes of at least 4 members (excludes halogenated alkanes) is 5. The van der Waals surface area contributed by atoms with Crippen molar-refractivity contribution in [3.8, 4) is 0 Å². The summed E-state index contributed by atoms with van der Waals surface area (Å²) in [6.45, 7) is 9.38. The van der Waals surface area contributed by atoms with Crippen LogP contribution >= 0.6 is 0 Å². The molecule has 0 aromatic carbocycles. The highest BCUT2D eigenvalue weighted by molar-refractivity contribution is 5.32. The first-order valence-electron chi connectivity index (χ1n) is 9.47. The molecule has 0 bridgehead atoms. The van der Waals surface area contributed by atoms with Crippen molar-refractivity contribution in [1.82, 2.24) is 4.90 Å². The Balaban J connectivity index is 2.59. The van der Waals surface area contributed by atoms with Crippen LogP contribution in [0, 0.1) is 0 Å². The second-order valence-corrected chi connectivity index (χ2v) is 6.40. The summed E-state index contributed by atoms with van der Waals surface area (Å²) in [4.78, 5) is 2.68. The van der Waals surface area contributed by atoms with Crippen LogP contribution in [0.2, 0.25) is 0 Å². The molecule has 1 rings (SSSR count). The van der Waals surface area contributed by atoms with Gasteiger partial charge in [-0.15, -0.1) is 0 Å². The van der Waals surface area contributed by atoms with E-state index in [2.05, 4.69) is 37.8 Å². The molecule has 0 saturated carbocycles. The Hall–Kier alpha value is -0.720. The monoisotopic (exact) mass is 291 g/mol. The zero-order valence-electron chi connectivity index (χ0n) is 14.8. The van der Waals surface area contributed by atoms with Crippen LogP contribution in [0.5, 0.6) is 0 Å². The third-order valence-electron chi connectivity index (χ3n) is 4.43.